The Hall–Kier alpha value is -0.400. The van der Waals surface area contributed by atoms with Gasteiger partial charge in [-0.2, -0.15) is 0 Å². The van der Waals surface area contributed by atoms with E-state index in [1.54, 1.807) is 0 Å². The van der Waals surface area contributed by atoms with Crippen molar-refractivity contribution in [2.45, 2.75) is 32.4 Å². The Labute approximate surface area is 59.9 Å². The van der Waals surface area contributed by atoms with Crippen molar-refractivity contribution in [2.75, 3.05) is 0 Å². The summed E-state index contributed by atoms with van der Waals surface area (Å²) in [6.45, 7) is 1.94. The molecule has 0 radical (unpaired) electrons. The average molecular weight is 146 g/mol. The topological polar surface area (TPSA) is 0 Å². The van der Waals surface area contributed by atoms with Gasteiger partial charge in [0.15, 0.2) is 0 Å². The zero-order valence-corrected chi connectivity index (χ0v) is 6.11. The molecule has 10 heavy (non-hydrogen) atoms. The van der Waals surface area contributed by atoms with Gasteiger partial charge in [0.1, 0.15) is 6.17 Å². The predicted molar refractivity (Wildman–Crippen MR) is 37.1 cm³/mol. The van der Waals surface area contributed by atoms with Crippen LogP contribution < -0.4 is 0 Å². The third-order valence-electron chi connectivity index (χ3n) is 2.07. The van der Waals surface area contributed by atoms with Crippen molar-refractivity contribution < 1.29 is 8.78 Å². The lowest BCUT2D eigenvalue weighted by molar-refractivity contribution is 0.199. The number of allylic oxidation sites excluding steroid dienone is 2. The summed E-state index contributed by atoms with van der Waals surface area (Å²) in [6, 6.07) is 0. The Balaban J connectivity index is 2.52. The lowest BCUT2D eigenvalue weighted by Crippen LogP contribution is -2.18. The van der Waals surface area contributed by atoms with Crippen LogP contribution in [0.1, 0.15) is 26.2 Å². The van der Waals surface area contributed by atoms with Crippen LogP contribution in [0.25, 0.3) is 0 Å². The summed E-state index contributed by atoms with van der Waals surface area (Å²) in [5.74, 6) is -0.225. The molecule has 0 aromatic heterocycles. The van der Waals surface area contributed by atoms with Crippen molar-refractivity contribution in [3.05, 3.63) is 11.9 Å². The van der Waals surface area contributed by atoms with E-state index in [9.17, 15) is 8.78 Å². The van der Waals surface area contributed by atoms with Gasteiger partial charge in [-0.1, -0.05) is 19.4 Å². The molecule has 1 rings (SSSR count). The van der Waals surface area contributed by atoms with Crippen LogP contribution >= 0.6 is 0 Å². The number of alkyl halides is 1. The molecule has 1 aliphatic rings. The highest BCUT2D eigenvalue weighted by atomic mass is 19.1. The third-order valence-corrected chi connectivity index (χ3v) is 2.07. The van der Waals surface area contributed by atoms with Gasteiger partial charge in [0, 0.05) is 6.42 Å². The van der Waals surface area contributed by atoms with Crippen LogP contribution in [-0.4, -0.2) is 6.17 Å². The number of rotatable bonds is 1. The highest BCUT2D eigenvalue weighted by molar-refractivity contribution is 5.01. The van der Waals surface area contributed by atoms with E-state index in [0.717, 1.165) is 6.42 Å². The summed E-state index contributed by atoms with van der Waals surface area (Å²) in [4.78, 5) is 0. The molecule has 0 N–H and O–H groups in total. The maximum Gasteiger partial charge on any atom is 0.109 e. The molecule has 0 spiro atoms. The summed E-state index contributed by atoms with van der Waals surface area (Å²) in [7, 11) is 0. The molecular weight excluding hydrogens is 134 g/mol. The van der Waals surface area contributed by atoms with Gasteiger partial charge in [-0.25, -0.2) is 8.78 Å². The third kappa shape index (κ3) is 1.55. The Morgan fingerprint density at radius 1 is 1.70 bits per heavy atom. The SMILES string of the molecule is CCC1CC=C(F)CC1F. The minimum Gasteiger partial charge on any atom is -0.247 e. The van der Waals surface area contributed by atoms with Gasteiger partial charge in [-0.15, -0.1) is 0 Å². The Bertz CT molecular complexity index is 140. The predicted octanol–water partition coefficient (Wildman–Crippen LogP) is 3.00. The maximum absolute atomic E-state index is 12.8. The monoisotopic (exact) mass is 146 g/mol. The van der Waals surface area contributed by atoms with E-state index in [1.165, 1.54) is 6.08 Å². The Morgan fingerprint density at radius 2 is 2.40 bits per heavy atom. The van der Waals surface area contributed by atoms with Crippen molar-refractivity contribution in [1.82, 2.24) is 0 Å². The van der Waals surface area contributed by atoms with Crippen LogP contribution in [0.4, 0.5) is 8.78 Å². The van der Waals surface area contributed by atoms with Crippen molar-refractivity contribution in [1.29, 1.82) is 0 Å². The van der Waals surface area contributed by atoms with Gasteiger partial charge < -0.3 is 0 Å². The summed E-state index contributed by atoms with van der Waals surface area (Å²) < 4.78 is 25.2. The normalized spacial score (nSPS) is 33.7. The van der Waals surface area contributed by atoms with Crippen LogP contribution in [-0.2, 0) is 0 Å². The standard InChI is InChI=1S/C8H12F2/c1-2-6-3-4-7(9)5-8(6)10/h4,6,8H,2-3,5H2,1H3. The fourth-order valence-electron chi connectivity index (χ4n) is 1.29. The summed E-state index contributed by atoms with van der Waals surface area (Å²) in [5.41, 5.74) is 0. The Kier molecular flexibility index (Phi) is 2.41. The molecule has 0 bridgehead atoms. The summed E-state index contributed by atoms with van der Waals surface area (Å²) >= 11 is 0. The first-order valence-corrected chi connectivity index (χ1v) is 3.72. The van der Waals surface area contributed by atoms with Gasteiger partial charge in [0.2, 0.25) is 0 Å². The molecule has 58 valence electrons. The largest absolute Gasteiger partial charge is 0.247 e. The van der Waals surface area contributed by atoms with Crippen molar-refractivity contribution >= 4 is 0 Å². The second-order valence-corrected chi connectivity index (χ2v) is 2.78. The number of hydrogen-bond acceptors (Lipinski definition) is 0. The molecule has 0 heterocycles. The van der Waals surface area contributed by atoms with Crippen LogP contribution in [0, 0.1) is 5.92 Å². The zero-order valence-electron chi connectivity index (χ0n) is 6.11. The first kappa shape index (κ1) is 7.70. The van der Waals surface area contributed by atoms with E-state index < -0.39 is 6.17 Å². The van der Waals surface area contributed by atoms with Gasteiger partial charge in [-0.05, 0) is 12.3 Å². The van der Waals surface area contributed by atoms with Crippen molar-refractivity contribution in [2.24, 2.45) is 5.92 Å². The molecule has 2 atom stereocenters. The lowest BCUT2D eigenvalue weighted by Gasteiger charge is -2.21. The first-order chi connectivity index (χ1) is 4.74. The van der Waals surface area contributed by atoms with Crippen molar-refractivity contribution in [3.63, 3.8) is 0 Å². The minimum atomic E-state index is -0.949. The van der Waals surface area contributed by atoms with E-state index in [-0.39, 0.29) is 18.2 Å². The molecule has 0 aromatic carbocycles. The molecule has 0 amide bonds. The van der Waals surface area contributed by atoms with Gasteiger partial charge in [0.05, 0.1) is 5.83 Å². The van der Waals surface area contributed by atoms with Crippen LogP contribution in [0.15, 0.2) is 11.9 Å². The van der Waals surface area contributed by atoms with E-state index >= 15 is 0 Å². The molecule has 0 aliphatic heterocycles. The molecular formula is C8H12F2. The molecule has 1 aliphatic carbocycles. The zero-order chi connectivity index (χ0) is 7.56. The maximum atomic E-state index is 12.8. The second-order valence-electron chi connectivity index (χ2n) is 2.78. The van der Waals surface area contributed by atoms with E-state index in [1.807, 2.05) is 6.92 Å². The van der Waals surface area contributed by atoms with E-state index in [2.05, 4.69) is 0 Å². The van der Waals surface area contributed by atoms with Crippen molar-refractivity contribution in [3.8, 4) is 0 Å². The van der Waals surface area contributed by atoms with E-state index in [4.69, 9.17) is 0 Å². The quantitative estimate of drug-likeness (QED) is 0.533. The number of hydrogen-bond donors (Lipinski definition) is 0. The average Bonchev–Trinajstić information content (AvgIpc) is 1.88. The summed E-state index contributed by atoms with van der Waals surface area (Å²) in [5, 5.41) is 0. The molecule has 0 fully saturated rings. The minimum absolute atomic E-state index is 0.00148. The number of halogens is 2. The molecule has 2 unspecified atom stereocenters. The lowest BCUT2D eigenvalue weighted by atomic mass is 9.90. The second kappa shape index (κ2) is 3.13. The first-order valence-electron chi connectivity index (χ1n) is 3.72. The van der Waals surface area contributed by atoms with Crippen LogP contribution in [0.2, 0.25) is 0 Å². The molecule has 0 saturated carbocycles. The highest BCUT2D eigenvalue weighted by Gasteiger charge is 2.23. The molecule has 0 saturated heterocycles. The Morgan fingerprint density at radius 3 is 2.90 bits per heavy atom. The van der Waals surface area contributed by atoms with E-state index in [0.29, 0.717) is 6.42 Å². The van der Waals surface area contributed by atoms with Crippen LogP contribution in [0.5, 0.6) is 0 Å². The smallest absolute Gasteiger partial charge is 0.109 e. The van der Waals surface area contributed by atoms with Gasteiger partial charge >= 0.3 is 0 Å². The van der Waals surface area contributed by atoms with Crippen LogP contribution in [0.3, 0.4) is 0 Å². The highest BCUT2D eigenvalue weighted by Crippen LogP contribution is 2.28. The summed E-state index contributed by atoms with van der Waals surface area (Å²) in [6.07, 6.45) is 1.94. The molecule has 0 aromatic rings. The fraction of sp³-hybridized carbons (Fsp3) is 0.750. The van der Waals surface area contributed by atoms with Gasteiger partial charge in [0.25, 0.3) is 0 Å². The van der Waals surface area contributed by atoms with Gasteiger partial charge in [-0.3, -0.25) is 0 Å². The molecule has 2 heteroatoms. The molecule has 0 nitrogen and oxygen atoms in total. The fourth-order valence-corrected chi connectivity index (χ4v) is 1.29.